The first-order valence-electron chi connectivity index (χ1n) is 9.20. The molecule has 134 valence electrons. The number of aryl methyl sites for hydroxylation is 1. The summed E-state index contributed by atoms with van der Waals surface area (Å²) in [5.41, 5.74) is 2.50. The maximum atomic E-state index is 9.41. The van der Waals surface area contributed by atoms with Crippen molar-refractivity contribution in [2.24, 2.45) is 0 Å². The van der Waals surface area contributed by atoms with Gasteiger partial charge >= 0.3 is 0 Å². The van der Waals surface area contributed by atoms with E-state index in [2.05, 4.69) is 21.8 Å². The van der Waals surface area contributed by atoms with Gasteiger partial charge in [-0.25, -0.2) is 9.97 Å². The van der Waals surface area contributed by atoms with Crippen molar-refractivity contribution in [2.45, 2.75) is 56.8 Å². The van der Waals surface area contributed by atoms with Crippen molar-refractivity contribution in [1.82, 2.24) is 14.9 Å². The number of hydrogen-bond donors (Lipinski definition) is 1. The van der Waals surface area contributed by atoms with Crippen LogP contribution in [0.2, 0.25) is 0 Å². The van der Waals surface area contributed by atoms with Gasteiger partial charge in [0, 0.05) is 30.5 Å². The Kier molecular flexibility index (Phi) is 6.70. The first kappa shape index (κ1) is 18.2. The Labute approximate surface area is 154 Å². The summed E-state index contributed by atoms with van der Waals surface area (Å²) in [7, 11) is 0. The fourth-order valence-corrected chi connectivity index (χ4v) is 3.97. The molecule has 4 nitrogen and oxygen atoms in total. The number of rotatable bonds is 7. The maximum Gasteiger partial charge on any atom is 0.187 e. The average Bonchev–Trinajstić information content (AvgIpc) is 2.64. The molecule has 0 amide bonds. The molecule has 0 bridgehead atoms. The molecule has 1 saturated heterocycles. The molecular formula is C20H27N3OS. The summed E-state index contributed by atoms with van der Waals surface area (Å²) in [6, 6.07) is 8.23. The second kappa shape index (κ2) is 9.20. The maximum absolute atomic E-state index is 9.41. The number of piperidine rings is 1. The topological polar surface area (TPSA) is 49.2 Å². The van der Waals surface area contributed by atoms with Crippen LogP contribution in [0.25, 0.3) is 0 Å². The predicted octanol–water partition coefficient (Wildman–Crippen LogP) is 4.28. The summed E-state index contributed by atoms with van der Waals surface area (Å²) in [5.74, 6) is 1.35. The van der Waals surface area contributed by atoms with E-state index in [0.29, 0.717) is 11.8 Å². The van der Waals surface area contributed by atoms with Crippen LogP contribution in [-0.4, -0.2) is 38.3 Å². The Morgan fingerprint density at radius 1 is 1.12 bits per heavy atom. The zero-order chi connectivity index (χ0) is 17.5. The fourth-order valence-electron chi connectivity index (χ4n) is 3.45. The zero-order valence-corrected chi connectivity index (χ0v) is 15.7. The largest absolute Gasteiger partial charge is 0.508 e. The quantitative estimate of drug-likeness (QED) is 0.592. The molecule has 1 unspecified atom stereocenters. The molecular weight excluding hydrogens is 330 g/mol. The van der Waals surface area contributed by atoms with Crippen LogP contribution in [0.1, 0.15) is 43.7 Å². The number of hydrogen-bond acceptors (Lipinski definition) is 5. The molecule has 1 aromatic carbocycles. The highest BCUT2D eigenvalue weighted by molar-refractivity contribution is 7.99. The average molecular weight is 358 g/mol. The van der Waals surface area contributed by atoms with E-state index in [0.717, 1.165) is 36.8 Å². The molecule has 0 saturated carbocycles. The highest BCUT2D eigenvalue weighted by atomic mass is 32.2. The van der Waals surface area contributed by atoms with Crippen molar-refractivity contribution in [3.63, 3.8) is 0 Å². The van der Waals surface area contributed by atoms with Crippen molar-refractivity contribution in [1.29, 1.82) is 0 Å². The van der Waals surface area contributed by atoms with Crippen molar-refractivity contribution in [3.05, 3.63) is 47.8 Å². The molecule has 3 rings (SSSR count). The van der Waals surface area contributed by atoms with Crippen molar-refractivity contribution in [2.75, 3.05) is 12.3 Å². The summed E-state index contributed by atoms with van der Waals surface area (Å²) in [6.07, 6.45) is 10.1. The minimum atomic E-state index is 0.340. The van der Waals surface area contributed by atoms with Gasteiger partial charge in [-0.2, -0.15) is 0 Å². The lowest BCUT2D eigenvalue weighted by atomic mass is 9.95. The van der Waals surface area contributed by atoms with Gasteiger partial charge in [0.1, 0.15) is 5.75 Å². The normalized spacial score (nSPS) is 18.4. The van der Waals surface area contributed by atoms with Gasteiger partial charge in [-0.3, -0.25) is 4.90 Å². The molecule has 1 fully saturated rings. The molecule has 0 radical (unpaired) electrons. The molecule has 1 aromatic heterocycles. The second-order valence-corrected chi connectivity index (χ2v) is 7.86. The smallest absolute Gasteiger partial charge is 0.187 e. The molecule has 1 aliphatic rings. The molecule has 5 heteroatoms. The van der Waals surface area contributed by atoms with E-state index in [4.69, 9.17) is 0 Å². The minimum absolute atomic E-state index is 0.340. The Bertz CT molecular complexity index is 645. The van der Waals surface area contributed by atoms with Crippen LogP contribution in [0.5, 0.6) is 5.75 Å². The van der Waals surface area contributed by atoms with Crippen molar-refractivity contribution < 1.29 is 5.11 Å². The second-order valence-electron chi connectivity index (χ2n) is 6.63. The van der Waals surface area contributed by atoms with Gasteiger partial charge in [-0.15, -0.1) is 0 Å². The van der Waals surface area contributed by atoms with Crippen LogP contribution in [0.3, 0.4) is 0 Å². The third kappa shape index (κ3) is 5.44. The number of nitrogens with zero attached hydrogens (tertiary/aromatic N) is 3. The van der Waals surface area contributed by atoms with Gasteiger partial charge in [-0.1, -0.05) is 37.2 Å². The van der Waals surface area contributed by atoms with Gasteiger partial charge < -0.3 is 5.11 Å². The number of phenols is 1. The lowest BCUT2D eigenvalue weighted by Gasteiger charge is -2.35. The van der Waals surface area contributed by atoms with Crippen LogP contribution in [0, 0.1) is 0 Å². The van der Waals surface area contributed by atoms with Crippen LogP contribution >= 0.6 is 11.8 Å². The summed E-state index contributed by atoms with van der Waals surface area (Å²) in [6.45, 7) is 4.22. The number of thioether (sulfide) groups is 1. The Morgan fingerprint density at radius 2 is 1.88 bits per heavy atom. The molecule has 1 atom stereocenters. The standard InChI is InChI=1S/C20H27N3OS/c1-2-25-20-21-13-17(14-22-20)15-23-12-4-3-5-18(23)9-6-16-7-10-19(24)11-8-16/h7-8,10-11,13-14,18,24H,2-6,9,12,15H2,1H3. The highest BCUT2D eigenvalue weighted by Gasteiger charge is 2.22. The lowest BCUT2D eigenvalue weighted by molar-refractivity contribution is 0.132. The third-order valence-corrected chi connectivity index (χ3v) is 5.55. The van der Waals surface area contributed by atoms with E-state index in [9.17, 15) is 5.11 Å². The molecule has 2 heterocycles. The summed E-state index contributed by atoms with van der Waals surface area (Å²) in [5, 5.41) is 10.3. The molecule has 1 N–H and O–H groups in total. The molecule has 0 aliphatic carbocycles. The zero-order valence-electron chi connectivity index (χ0n) is 14.9. The van der Waals surface area contributed by atoms with E-state index in [1.54, 1.807) is 23.9 Å². The summed E-state index contributed by atoms with van der Waals surface area (Å²) >= 11 is 1.68. The number of benzene rings is 1. The van der Waals surface area contributed by atoms with Crippen LogP contribution in [-0.2, 0) is 13.0 Å². The van der Waals surface area contributed by atoms with E-state index >= 15 is 0 Å². The van der Waals surface area contributed by atoms with Crippen LogP contribution in [0.15, 0.2) is 41.8 Å². The lowest BCUT2D eigenvalue weighted by Crippen LogP contribution is -2.39. The van der Waals surface area contributed by atoms with Crippen molar-refractivity contribution in [3.8, 4) is 5.75 Å². The molecule has 2 aromatic rings. The first-order chi connectivity index (χ1) is 12.2. The summed E-state index contributed by atoms with van der Waals surface area (Å²) in [4.78, 5) is 11.5. The molecule has 1 aliphatic heterocycles. The third-order valence-electron chi connectivity index (χ3n) is 4.79. The Balaban J connectivity index is 1.57. The fraction of sp³-hybridized carbons (Fsp3) is 0.500. The number of likely N-dealkylation sites (tertiary alicyclic amines) is 1. The van der Waals surface area contributed by atoms with Gasteiger partial charge in [0.05, 0.1) is 0 Å². The first-order valence-corrected chi connectivity index (χ1v) is 10.2. The van der Waals surface area contributed by atoms with Crippen molar-refractivity contribution >= 4 is 11.8 Å². The van der Waals surface area contributed by atoms with E-state index < -0.39 is 0 Å². The Hall–Kier alpha value is -1.59. The molecule has 0 spiro atoms. The number of aromatic nitrogens is 2. The number of phenolic OH excluding ortho intramolecular Hbond substituents is 1. The van der Waals surface area contributed by atoms with Gasteiger partial charge in [0.2, 0.25) is 0 Å². The summed E-state index contributed by atoms with van der Waals surface area (Å²) < 4.78 is 0. The van der Waals surface area contributed by atoms with E-state index in [1.165, 1.54) is 30.4 Å². The van der Waals surface area contributed by atoms with Crippen LogP contribution in [0.4, 0.5) is 0 Å². The molecule has 25 heavy (non-hydrogen) atoms. The van der Waals surface area contributed by atoms with Gasteiger partial charge in [0.25, 0.3) is 0 Å². The van der Waals surface area contributed by atoms with Gasteiger partial charge in [-0.05, 0) is 55.7 Å². The van der Waals surface area contributed by atoms with E-state index in [1.807, 2.05) is 24.5 Å². The monoisotopic (exact) mass is 357 g/mol. The number of aromatic hydroxyl groups is 1. The SMILES string of the molecule is CCSc1ncc(CN2CCCCC2CCc2ccc(O)cc2)cn1. The van der Waals surface area contributed by atoms with Crippen LogP contribution < -0.4 is 0 Å². The Morgan fingerprint density at radius 3 is 2.60 bits per heavy atom. The highest BCUT2D eigenvalue weighted by Crippen LogP contribution is 2.24. The van der Waals surface area contributed by atoms with Gasteiger partial charge in [0.15, 0.2) is 5.16 Å². The van der Waals surface area contributed by atoms with E-state index in [-0.39, 0.29) is 0 Å². The minimum Gasteiger partial charge on any atom is -0.508 e. The predicted molar refractivity (Wildman–Crippen MR) is 103 cm³/mol.